The summed E-state index contributed by atoms with van der Waals surface area (Å²) >= 11 is 5.00. The first kappa shape index (κ1) is 11.5. The monoisotopic (exact) mass is 237 g/mol. The van der Waals surface area contributed by atoms with E-state index in [2.05, 4.69) is 9.06 Å². The molecule has 0 bridgehead atoms. The summed E-state index contributed by atoms with van der Waals surface area (Å²) < 4.78 is 25.2. The van der Waals surface area contributed by atoms with Crippen molar-refractivity contribution in [1.29, 1.82) is 0 Å². The first-order valence-corrected chi connectivity index (χ1v) is 5.62. The van der Waals surface area contributed by atoms with E-state index in [0.717, 1.165) is 0 Å². The lowest BCUT2D eigenvalue weighted by Crippen LogP contribution is -1.98. The Labute approximate surface area is 86.7 Å². The minimum Gasteiger partial charge on any atom is -0.385 e. The smallest absolute Gasteiger partial charge is 0.385 e. The van der Waals surface area contributed by atoms with Crippen LogP contribution in [-0.4, -0.2) is 11.6 Å². The van der Waals surface area contributed by atoms with Gasteiger partial charge in [-0.25, -0.2) is 9.55 Å². The van der Waals surface area contributed by atoms with Crippen molar-refractivity contribution in [1.82, 2.24) is 4.98 Å². The second-order valence-electron chi connectivity index (χ2n) is 2.19. The molecule has 7 heteroatoms. The van der Waals surface area contributed by atoms with Gasteiger partial charge in [-0.05, 0) is 13.0 Å². The fourth-order valence-corrected chi connectivity index (χ4v) is 1.71. The standard InChI is InChI=1S/C7H9ClNO4P/c1-2-11-14(10,13-8)12-7-5-3-4-6-9-7/h3-6H,2H2,1H3. The minimum absolute atomic E-state index is 0.130. The molecule has 0 saturated carbocycles. The van der Waals surface area contributed by atoms with E-state index >= 15 is 0 Å². The molecule has 0 spiro atoms. The maximum absolute atomic E-state index is 11.5. The van der Waals surface area contributed by atoms with Gasteiger partial charge in [-0.2, -0.15) is 4.08 Å². The topological polar surface area (TPSA) is 57.7 Å². The highest BCUT2D eigenvalue weighted by Gasteiger charge is 2.28. The number of rotatable bonds is 5. The Balaban J connectivity index is 2.71. The molecule has 0 N–H and O–H groups in total. The Bertz CT molecular complexity index is 321. The van der Waals surface area contributed by atoms with E-state index in [1.807, 2.05) is 0 Å². The van der Waals surface area contributed by atoms with Gasteiger partial charge < -0.3 is 4.52 Å². The largest absolute Gasteiger partial charge is 0.548 e. The predicted molar refractivity (Wildman–Crippen MR) is 51.0 cm³/mol. The number of pyridine rings is 1. The second kappa shape index (κ2) is 5.32. The Morgan fingerprint density at radius 1 is 1.57 bits per heavy atom. The lowest BCUT2D eigenvalue weighted by atomic mass is 10.5. The van der Waals surface area contributed by atoms with E-state index in [1.165, 1.54) is 12.3 Å². The normalized spacial score (nSPS) is 14.7. The van der Waals surface area contributed by atoms with E-state index in [4.69, 9.17) is 20.9 Å². The van der Waals surface area contributed by atoms with E-state index in [-0.39, 0.29) is 12.5 Å². The average Bonchev–Trinajstić information content (AvgIpc) is 2.20. The zero-order valence-electron chi connectivity index (χ0n) is 7.42. The van der Waals surface area contributed by atoms with Gasteiger partial charge in [0.2, 0.25) is 5.88 Å². The molecular weight excluding hydrogens is 229 g/mol. The summed E-state index contributed by atoms with van der Waals surface area (Å²) in [6, 6.07) is 4.88. The molecule has 1 rings (SSSR count). The van der Waals surface area contributed by atoms with Gasteiger partial charge in [0.1, 0.15) is 0 Å². The van der Waals surface area contributed by atoms with Crippen molar-refractivity contribution < 1.29 is 17.7 Å². The van der Waals surface area contributed by atoms with Crippen LogP contribution in [0.4, 0.5) is 0 Å². The molecule has 0 saturated heterocycles. The average molecular weight is 238 g/mol. The third kappa shape index (κ3) is 3.27. The molecular formula is C7H9ClNO4P. The maximum Gasteiger partial charge on any atom is 0.548 e. The van der Waals surface area contributed by atoms with Crippen molar-refractivity contribution in [2.24, 2.45) is 0 Å². The zero-order chi connectivity index (χ0) is 10.4. The summed E-state index contributed by atoms with van der Waals surface area (Å²) in [5, 5.41) is 0. The highest BCUT2D eigenvalue weighted by atomic mass is 35.5. The number of hydrogen-bond donors (Lipinski definition) is 0. The molecule has 78 valence electrons. The molecule has 0 aliphatic rings. The molecule has 1 aromatic heterocycles. The van der Waals surface area contributed by atoms with E-state index in [1.54, 1.807) is 19.1 Å². The third-order valence-electron chi connectivity index (χ3n) is 1.21. The Hall–Kier alpha value is -0.610. The molecule has 1 unspecified atom stereocenters. The van der Waals surface area contributed by atoms with Crippen LogP contribution in [0.25, 0.3) is 0 Å². The van der Waals surface area contributed by atoms with Gasteiger partial charge in [0.15, 0.2) is 0 Å². The van der Waals surface area contributed by atoms with Crippen molar-refractivity contribution >= 4 is 19.7 Å². The minimum atomic E-state index is -3.72. The molecule has 1 aromatic rings. The number of aromatic nitrogens is 1. The van der Waals surface area contributed by atoms with Crippen LogP contribution < -0.4 is 4.52 Å². The van der Waals surface area contributed by atoms with Crippen LogP contribution in [0.3, 0.4) is 0 Å². The number of hydrogen-bond acceptors (Lipinski definition) is 5. The van der Waals surface area contributed by atoms with Gasteiger partial charge in [0.25, 0.3) is 0 Å². The predicted octanol–water partition coefficient (Wildman–Crippen LogP) is 2.78. The fraction of sp³-hybridized carbons (Fsp3) is 0.286. The molecule has 5 nitrogen and oxygen atoms in total. The maximum atomic E-state index is 11.5. The van der Waals surface area contributed by atoms with Crippen LogP contribution in [0.5, 0.6) is 5.88 Å². The van der Waals surface area contributed by atoms with Gasteiger partial charge in [0, 0.05) is 12.3 Å². The van der Waals surface area contributed by atoms with Gasteiger partial charge in [-0.3, -0.25) is 4.52 Å². The number of nitrogens with zero attached hydrogens (tertiary/aromatic N) is 1. The third-order valence-corrected chi connectivity index (χ3v) is 2.88. The second-order valence-corrected chi connectivity index (χ2v) is 4.08. The fourth-order valence-electron chi connectivity index (χ4n) is 0.734. The van der Waals surface area contributed by atoms with Gasteiger partial charge in [-0.1, -0.05) is 6.07 Å². The van der Waals surface area contributed by atoms with Crippen LogP contribution >= 0.6 is 19.7 Å². The van der Waals surface area contributed by atoms with Gasteiger partial charge >= 0.3 is 7.82 Å². The van der Waals surface area contributed by atoms with Crippen LogP contribution in [0, 0.1) is 0 Å². The molecule has 0 aliphatic carbocycles. The summed E-state index contributed by atoms with van der Waals surface area (Å²) in [4.78, 5) is 3.78. The van der Waals surface area contributed by atoms with Crippen molar-refractivity contribution in [3.8, 4) is 5.88 Å². The first-order valence-electron chi connectivity index (χ1n) is 3.85. The molecule has 0 amide bonds. The highest BCUT2D eigenvalue weighted by Crippen LogP contribution is 2.49. The number of halogens is 1. The molecule has 0 fully saturated rings. The van der Waals surface area contributed by atoms with Crippen LogP contribution in [0.15, 0.2) is 24.4 Å². The van der Waals surface area contributed by atoms with Crippen molar-refractivity contribution in [3.63, 3.8) is 0 Å². The summed E-state index contributed by atoms with van der Waals surface area (Å²) in [5.74, 6) is 0.130. The van der Waals surface area contributed by atoms with Crippen molar-refractivity contribution in [3.05, 3.63) is 24.4 Å². The zero-order valence-corrected chi connectivity index (χ0v) is 9.07. The summed E-state index contributed by atoms with van der Waals surface area (Å²) in [6.45, 7) is 1.81. The van der Waals surface area contributed by atoms with Crippen molar-refractivity contribution in [2.45, 2.75) is 6.92 Å². The SMILES string of the molecule is CCOP(=O)(OCl)Oc1ccccn1. The van der Waals surface area contributed by atoms with E-state index in [0.29, 0.717) is 0 Å². The molecule has 0 radical (unpaired) electrons. The molecule has 0 aliphatic heterocycles. The first-order chi connectivity index (χ1) is 6.70. The van der Waals surface area contributed by atoms with Crippen molar-refractivity contribution in [2.75, 3.05) is 6.61 Å². The van der Waals surface area contributed by atoms with Crippen LogP contribution in [-0.2, 0) is 13.2 Å². The number of phosphoric ester groups is 1. The number of phosphoric acid groups is 1. The molecule has 14 heavy (non-hydrogen) atoms. The lowest BCUT2D eigenvalue weighted by molar-refractivity contribution is 0.222. The molecule has 1 atom stereocenters. The molecule has 1 heterocycles. The summed E-state index contributed by atoms with van der Waals surface area (Å²) in [7, 11) is -3.72. The van der Waals surface area contributed by atoms with E-state index < -0.39 is 7.82 Å². The Kier molecular flexibility index (Phi) is 4.35. The Morgan fingerprint density at radius 3 is 2.86 bits per heavy atom. The Morgan fingerprint density at radius 2 is 2.36 bits per heavy atom. The quantitative estimate of drug-likeness (QED) is 0.737. The molecule has 0 aromatic carbocycles. The van der Waals surface area contributed by atoms with Gasteiger partial charge in [-0.15, -0.1) is 0 Å². The summed E-state index contributed by atoms with van der Waals surface area (Å²) in [6.07, 6.45) is 1.49. The van der Waals surface area contributed by atoms with Crippen LogP contribution in [0.2, 0.25) is 0 Å². The van der Waals surface area contributed by atoms with Crippen LogP contribution in [0.1, 0.15) is 6.92 Å². The van der Waals surface area contributed by atoms with E-state index in [9.17, 15) is 4.57 Å². The summed E-state index contributed by atoms with van der Waals surface area (Å²) in [5.41, 5.74) is 0. The lowest BCUT2D eigenvalue weighted by Gasteiger charge is -2.12. The van der Waals surface area contributed by atoms with Gasteiger partial charge in [0.05, 0.1) is 18.5 Å². The highest BCUT2D eigenvalue weighted by molar-refractivity contribution is 7.49.